The Morgan fingerprint density at radius 3 is 2.75 bits per heavy atom. The van der Waals surface area contributed by atoms with Crippen molar-refractivity contribution in [2.75, 3.05) is 33.7 Å². The molecule has 1 fully saturated rings. The fourth-order valence-electron chi connectivity index (χ4n) is 2.08. The van der Waals surface area contributed by atoms with E-state index in [1.165, 1.54) is 38.9 Å². The van der Waals surface area contributed by atoms with E-state index in [1.807, 2.05) is 0 Å². The minimum atomic E-state index is 0.541. The fraction of sp³-hybridized carbons (Fsp3) is 1.00. The summed E-state index contributed by atoms with van der Waals surface area (Å²) in [6.45, 7) is 6.11. The smallest absolute Gasteiger partial charge is 0.000264 e. The molecule has 1 atom stereocenters. The number of nitrogens with one attached hydrogen (secondary N) is 1. The van der Waals surface area contributed by atoms with Gasteiger partial charge in [0.2, 0.25) is 0 Å². The van der Waals surface area contributed by atoms with Crippen LogP contribution in [0.3, 0.4) is 0 Å². The van der Waals surface area contributed by atoms with Gasteiger partial charge in [0.25, 0.3) is 0 Å². The van der Waals surface area contributed by atoms with Crippen molar-refractivity contribution in [3.05, 3.63) is 0 Å². The van der Waals surface area contributed by atoms with Crippen molar-refractivity contribution in [3.8, 4) is 0 Å². The molecule has 0 spiro atoms. The van der Waals surface area contributed by atoms with Crippen LogP contribution < -0.4 is 5.32 Å². The molecule has 0 radical (unpaired) electrons. The number of nitrogens with zero attached hydrogens (tertiary/aromatic N) is 1. The molecule has 1 aliphatic rings. The molecule has 0 aliphatic carbocycles. The van der Waals surface area contributed by atoms with E-state index in [2.05, 4.69) is 31.2 Å². The highest BCUT2D eigenvalue weighted by Crippen LogP contribution is 2.29. The van der Waals surface area contributed by atoms with E-state index < -0.39 is 0 Å². The van der Waals surface area contributed by atoms with Gasteiger partial charge in [-0.15, -0.1) is 0 Å². The van der Waals surface area contributed by atoms with Gasteiger partial charge in [0.15, 0.2) is 0 Å². The van der Waals surface area contributed by atoms with Crippen molar-refractivity contribution in [1.29, 1.82) is 0 Å². The van der Waals surface area contributed by atoms with Crippen LogP contribution in [0.1, 0.15) is 26.2 Å². The van der Waals surface area contributed by atoms with Crippen LogP contribution in [0.25, 0.3) is 0 Å². The molecule has 12 heavy (non-hydrogen) atoms. The molecule has 0 aromatic carbocycles. The topological polar surface area (TPSA) is 15.3 Å². The largest absolute Gasteiger partial charge is 0.319 e. The highest BCUT2D eigenvalue weighted by molar-refractivity contribution is 4.80. The molecule has 0 bridgehead atoms. The van der Waals surface area contributed by atoms with Gasteiger partial charge in [0.05, 0.1) is 0 Å². The van der Waals surface area contributed by atoms with Crippen LogP contribution in [0.5, 0.6) is 0 Å². The molecule has 0 aromatic rings. The Labute approximate surface area is 76.3 Å². The summed E-state index contributed by atoms with van der Waals surface area (Å²) in [7, 11) is 4.28. The van der Waals surface area contributed by atoms with Gasteiger partial charge in [-0.3, -0.25) is 0 Å². The minimum Gasteiger partial charge on any atom is -0.319 e. The predicted molar refractivity (Wildman–Crippen MR) is 53.4 cm³/mol. The Morgan fingerprint density at radius 2 is 2.08 bits per heavy atom. The Hall–Kier alpha value is -0.0800. The first-order chi connectivity index (χ1) is 5.66. The zero-order valence-electron chi connectivity index (χ0n) is 8.69. The van der Waals surface area contributed by atoms with Gasteiger partial charge in [-0.1, -0.05) is 6.92 Å². The average molecular weight is 170 g/mol. The van der Waals surface area contributed by atoms with E-state index >= 15 is 0 Å². The summed E-state index contributed by atoms with van der Waals surface area (Å²) < 4.78 is 0. The van der Waals surface area contributed by atoms with Crippen LogP contribution in [0, 0.1) is 5.41 Å². The lowest BCUT2D eigenvalue weighted by atomic mass is 9.83. The number of hydrogen-bond donors (Lipinski definition) is 1. The normalized spacial score (nSPS) is 33.2. The monoisotopic (exact) mass is 170 g/mol. The molecule has 0 aromatic heterocycles. The molecule has 0 saturated carbocycles. The molecule has 1 heterocycles. The standard InChI is InChI=1S/C10H22N2/c1-10(9-11-2)5-4-7-12(3)8-6-10/h11H,4-9H2,1-3H3. The van der Waals surface area contributed by atoms with Gasteiger partial charge in [0, 0.05) is 6.54 Å². The molecule has 2 nitrogen and oxygen atoms in total. The Balaban J connectivity index is 2.43. The molecule has 1 rings (SSSR count). The predicted octanol–water partition coefficient (Wildman–Crippen LogP) is 1.33. The van der Waals surface area contributed by atoms with Gasteiger partial charge in [-0.2, -0.15) is 0 Å². The van der Waals surface area contributed by atoms with Crippen LogP contribution in [-0.2, 0) is 0 Å². The molecular formula is C10H22N2. The van der Waals surface area contributed by atoms with Crippen molar-refractivity contribution < 1.29 is 0 Å². The van der Waals surface area contributed by atoms with E-state index in [-0.39, 0.29) is 0 Å². The van der Waals surface area contributed by atoms with Crippen LogP contribution >= 0.6 is 0 Å². The highest BCUT2D eigenvalue weighted by Gasteiger charge is 2.25. The molecule has 1 saturated heterocycles. The molecule has 1 aliphatic heterocycles. The first-order valence-corrected chi connectivity index (χ1v) is 4.99. The van der Waals surface area contributed by atoms with Crippen LogP contribution in [0.2, 0.25) is 0 Å². The molecule has 1 N–H and O–H groups in total. The van der Waals surface area contributed by atoms with E-state index in [4.69, 9.17) is 0 Å². The van der Waals surface area contributed by atoms with Gasteiger partial charge in [-0.25, -0.2) is 0 Å². The maximum absolute atomic E-state index is 3.30. The van der Waals surface area contributed by atoms with Gasteiger partial charge >= 0.3 is 0 Å². The van der Waals surface area contributed by atoms with Crippen LogP contribution in [0.4, 0.5) is 0 Å². The summed E-state index contributed by atoms with van der Waals surface area (Å²) in [5, 5.41) is 3.30. The lowest BCUT2D eigenvalue weighted by Gasteiger charge is -2.27. The third-order valence-electron chi connectivity index (χ3n) is 3.02. The van der Waals surface area contributed by atoms with Crippen LogP contribution in [0.15, 0.2) is 0 Å². The minimum absolute atomic E-state index is 0.541. The fourth-order valence-corrected chi connectivity index (χ4v) is 2.08. The zero-order chi connectivity index (χ0) is 9.03. The summed E-state index contributed by atoms with van der Waals surface area (Å²) in [6, 6.07) is 0. The lowest BCUT2D eigenvalue weighted by Crippen LogP contribution is -2.30. The maximum Gasteiger partial charge on any atom is 0.000264 e. The zero-order valence-corrected chi connectivity index (χ0v) is 8.69. The van der Waals surface area contributed by atoms with Crippen molar-refractivity contribution >= 4 is 0 Å². The quantitative estimate of drug-likeness (QED) is 0.672. The summed E-state index contributed by atoms with van der Waals surface area (Å²) in [6.07, 6.45) is 4.07. The Morgan fingerprint density at radius 1 is 1.33 bits per heavy atom. The van der Waals surface area contributed by atoms with E-state index in [1.54, 1.807) is 0 Å². The second kappa shape index (κ2) is 4.24. The van der Waals surface area contributed by atoms with E-state index in [9.17, 15) is 0 Å². The second-order valence-corrected chi connectivity index (χ2v) is 4.50. The van der Waals surface area contributed by atoms with Crippen molar-refractivity contribution in [2.45, 2.75) is 26.2 Å². The third kappa shape index (κ3) is 2.76. The Bertz CT molecular complexity index is 136. The number of hydrogen-bond acceptors (Lipinski definition) is 2. The van der Waals surface area contributed by atoms with Crippen molar-refractivity contribution in [1.82, 2.24) is 10.2 Å². The van der Waals surface area contributed by atoms with Gasteiger partial charge < -0.3 is 10.2 Å². The van der Waals surface area contributed by atoms with Gasteiger partial charge in [-0.05, 0) is 51.9 Å². The third-order valence-corrected chi connectivity index (χ3v) is 3.02. The second-order valence-electron chi connectivity index (χ2n) is 4.50. The SMILES string of the molecule is CNCC1(C)CCCN(C)CC1. The summed E-state index contributed by atoms with van der Waals surface area (Å²) >= 11 is 0. The van der Waals surface area contributed by atoms with Crippen LogP contribution in [-0.4, -0.2) is 38.6 Å². The van der Waals surface area contributed by atoms with Crippen molar-refractivity contribution in [3.63, 3.8) is 0 Å². The van der Waals surface area contributed by atoms with Gasteiger partial charge in [0.1, 0.15) is 0 Å². The number of rotatable bonds is 2. The highest BCUT2D eigenvalue weighted by atomic mass is 15.1. The van der Waals surface area contributed by atoms with Crippen molar-refractivity contribution in [2.24, 2.45) is 5.41 Å². The molecular weight excluding hydrogens is 148 g/mol. The number of likely N-dealkylation sites (tertiary alicyclic amines) is 1. The molecule has 2 heteroatoms. The maximum atomic E-state index is 3.30. The average Bonchev–Trinajstić information content (AvgIpc) is 2.15. The molecule has 0 amide bonds. The molecule has 72 valence electrons. The summed E-state index contributed by atoms with van der Waals surface area (Å²) in [4.78, 5) is 2.45. The van der Waals surface area contributed by atoms with E-state index in [0.717, 1.165) is 0 Å². The molecule has 1 unspecified atom stereocenters. The summed E-state index contributed by atoms with van der Waals surface area (Å²) in [5.74, 6) is 0. The first kappa shape index (κ1) is 10.0. The van der Waals surface area contributed by atoms with E-state index in [0.29, 0.717) is 5.41 Å². The first-order valence-electron chi connectivity index (χ1n) is 4.99. The summed E-state index contributed by atoms with van der Waals surface area (Å²) in [5.41, 5.74) is 0.541. The Kier molecular flexibility index (Phi) is 3.53. The lowest BCUT2D eigenvalue weighted by molar-refractivity contribution is 0.262.